The van der Waals surface area contributed by atoms with Gasteiger partial charge in [0.15, 0.2) is 0 Å². The Kier molecular flexibility index (Phi) is 16.8. The molecule has 2 atom stereocenters. The Balaban J connectivity index is 0.000000189. The maximum Gasteiger partial charge on any atom is 0.254 e. The summed E-state index contributed by atoms with van der Waals surface area (Å²) in [6, 6.07) is 35.2. The number of nitrogens with zero attached hydrogens (tertiary/aromatic N) is 9. The van der Waals surface area contributed by atoms with Gasteiger partial charge in [0.1, 0.15) is 0 Å². The van der Waals surface area contributed by atoms with Crippen molar-refractivity contribution in [3.63, 3.8) is 0 Å². The molecule has 3 aromatic carbocycles. The maximum atomic E-state index is 8.27. The summed E-state index contributed by atoms with van der Waals surface area (Å²) in [5, 5.41) is 20.5. The molecule has 6 aromatic rings. The number of aryl methyl sites for hydroxylation is 3. The summed E-state index contributed by atoms with van der Waals surface area (Å²) in [6.45, 7) is 14.6. The fraction of sp³-hybridized carbons (Fsp3) is 0.231. The first-order valence-electron chi connectivity index (χ1n) is 15.7. The Morgan fingerprint density at radius 2 is 1.18 bits per heavy atom. The van der Waals surface area contributed by atoms with E-state index in [9.17, 15) is 0 Å². The number of benzene rings is 3. The van der Waals surface area contributed by atoms with Crippen LogP contribution in [-0.4, -0.2) is 29.3 Å². The summed E-state index contributed by atoms with van der Waals surface area (Å²) in [5.74, 6) is 0.538. The predicted octanol–water partition coefficient (Wildman–Crippen LogP) is 8.92. The van der Waals surface area contributed by atoms with E-state index in [1.807, 2.05) is 134 Å². The second-order valence-electron chi connectivity index (χ2n) is 10.9. The molecule has 0 bridgehead atoms. The molecule has 0 N–H and O–H groups in total. The molecule has 0 saturated heterocycles. The zero-order chi connectivity index (χ0) is 36.1. The number of hydrogen-bond acceptors (Lipinski definition) is 4. The van der Waals surface area contributed by atoms with E-state index in [2.05, 4.69) is 47.0 Å². The molecule has 9 nitrogen and oxygen atoms in total. The Labute approximate surface area is 308 Å². The van der Waals surface area contributed by atoms with E-state index in [1.165, 1.54) is 0 Å². The average Bonchev–Trinajstić information content (AvgIpc) is 3.86. The molecule has 3 aromatic heterocycles. The van der Waals surface area contributed by atoms with Crippen LogP contribution < -0.4 is 0 Å². The first kappa shape index (κ1) is 39.0. The van der Waals surface area contributed by atoms with Crippen LogP contribution in [0.4, 0.5) is 0 Å². The minimum Gasteiger partial charge on any atom is -0.308 e. The van der Waals surface area contributed by atoms with Crippen molar-refractivity contribution in [3.05, 3.63) is 183 Å². The van der Waals surface area contributed by atoms with Crippen LogP contribution in [0.25, 0.3) is 9.69 Å². The fourth-order valence-electron chi connectivity index (χ4n) is 4.69. The Morgan fingerprint density at radius 1 is 0.700 bits per heavy atom. The predicted molar refractivity (Wildman–Crippen MR) is 202 cm³/mol. The van der Waals surface area contributed by atoms with E-state index in [0.717, 1.165) is 38.2 Å². The van der Waals surface area contributed by atoms with Crippen LogP contribution in [0, 0.1) is 24.5 Å². The van der Waals surface area contributed by atoms with Gasteiger partial charge >= 0.3 is 0 Å². The summed E-state index contributed by atoms with van der Waals surface area (Å²) in [6.07, 6.45) is 7.16. The standard InChI is InChI=1S/C13H12BrN3.C13H13N3.C8H7N.C5H7ClN2/c1-15-12(10-6-4-3-5-7-10)8-13-11(14)9-16-17(13)2;1-14-13(11-6-4-3-5-7-11)10-12-8-9-15-16(12)2;9-7-6-8-4-2-1-3-5-8;1-8-5(4-6)2-3-7-8/h3-7,9,12H,8H2,2H3;3-9,13H,10H2,2H3;1-5H,6H2;2-3H,4H2,1H3. The van der Waals surface area contributed by atoms with Crippen molar-refractivity contribution in [3.8, 4) is 6.07 Å². The van der Waals surface area contributed by atoms with Crippen molar-refractivity contribution in [1.29, 1.82) is 5.26 Å². The van der Waals surface area contributed by atoms with Gasteiger partial charge in [0.05, 0.1) is 53.3 Å². The molecule has 6 rings (SSSR count). The highest BCUT2D eigenvalue weighted by atomic mass is 79.9. The van der Waals surface area contributed by atoms with Crippen LogP contribution in [0.15, 0.2) is 126 Å². The van der Waals surface area contributed by atoms with E-state index in [0.29, 0.717) is 25.1 Å². The SMILES string of the molecule is Cn1nccc1CCl.N#CCc1ccccc1.[C-]#[N+]C(Cc1c(Br)cnn1C)c1ccccc1.[C-]#[N+]C(Cc1ccnn1C)c1ccccc1. The highest BCUT2D eigenvalue weighted by Crippen LogP contribution is 2.26. The number of alkyl halides is 1. The van der Waals surface area contributed by atoms with E-state index in [4.69, 9.17) is 30.0 Å². The summed E-state index contributed by atoms with van der Waals surface area (Å²) in [4.78, 5) is 7.39. The second kappa shape index (κ2) is 21.5. The molecule has 3 heterocycles. The van der Waals surface area contributed by atoms with Crippen LogP contribution in [0.5, 0.6) is 0 Å². The molecular weight excluding hydrogens is 710 g/mol. The van der Waals surface area contributed by atoms with Crippen molar-refractivity contribution in [2.75, 3.05) is 0 Å². The van der Waals surface area contributed by atoms with Gasteiger partial charge in [0.2, 0.25) is 0 Å². The zero-order valence-corrected chi connectivity index (χ0v) is 30.7. The lowest BCUT2D eigenvalue weighted by atomic mass is 10.0. The van der Waals surface area contributed by atoms with Gasteiger partial charge in [0.25, 0.3) is 12.1 Å². The van der Waals surface area contributed by atoms with E-state index in [1.54, 1.807) is 23.3 Å². The monoisotopic (exact) mass is 747 g/mol. The second-order valence-corrected chi connectivity index (χ2v) is 12.1. The van der Waals surface area contributed by atoms with Gasteiger partial charge in [0, 0.05) is 50.4 Å². The molecule has 2 unspecified atom stereocenters. The molecule has 0 aliphatic rings. The third-order valence-corrected chi connectivity index (χ3v) is 8.52. The summed E-state index contributed by atoms with van der Waals surface area (Å²) >= 11 is 8.97. The molecule has 0 spiro atoms. The van der Waals surface area contributed by atoms with Crippen LogP contribution in [0.1, 0.15) is 45.9 Å². The molecule has 0 aliphatic heterocycles. The minimum absolute atomic E-state index is 0.114. The van der Waals surface area contributed by atoms with Crippen molar-refractivity contribution in [1.82, 2.24) is 29.3 Å². The van der Waals surface area contributed by atoms with Crippen molar-refractivity contribution in [2.45, 2.75) is 37.2 Å². The lowest BCUT2D eigenvalue weighted by Crippen LogP contribution is -2.04. The van der Waals surface area contributed by atoms with Crippen LogP contribution in [-0.2, 0) is 46.3 Å². The molecule has 254 valence electrons. The molecule has 0 aliphatic carbocycles. The first-order chi connectivity index (χ1) is 24.3. The van der Waals surface area contributed by atoms with Gasteiger partial charge in [-0.25, -0.2) is 13.1 Å². The van der Waals surface area contributed by atoms with Crippen molar-refractivity contribution < 1.29 is 0 Å². The van der Waals surface area contributed by atoms with E-state index >= 15 is 0 Å². The van der Waals surface area contributed by atoms with E-state index < -0.39 is 0 Å². The highest BCUT2D eigenvalue weighted by molar-refractivity contribution is 9.10. The quantitative estimate of drug-likeness (QED) is 0.115. The number of aromatic nitrogens is 6. The first-order valence-corrected chi connectivity index (χ1v) is 17.0. The van der Waals surface area contributed by atoms with Crippen LogP contribution >= 0.6 is 27.5 Å². The average molecular weight is 749 g/mol. The summed E-state index contributed by atoms with van der Waals surface area (Å²) in [5.41, 5.74) is 6.39. The van der Waals surface area contributed by atoms with Crippen molar-refractivity contribution >= 4 is 27.5 Å². The lowest BCUT2D eigenvalue weighted by Gasteiger charge is -2.07. The van der Waals surface area contributed by atoms with E-state index in [-0.39, 0.29) is 12.1 Å². The molecule has 0 saturated carbocycles. The summed E-state index contributed by atoms with van der Waals surface area (Å²) < 4.78 is 6.35. The number of nitriles is 1. The minimum atomic E-state index is -0.150. The summed E-state index contributed by atoms with van der Waals surface area (Å²) in [7, 11) is 5.67. The zero-order valence-electron chi connectivity index (χ0n) is 28.3. The van der Waals surface area contributed by atoms with Crippen LogP contribution in [0.2, 0.25) is 0 Å². The Hall–Kier alpha value is -5.47. The van der Waals surface area contributed by atoms with Gasteiger partial charge in [-0.15, -0.1) is 11.6 Å². The van der Waals surface area contributed by atoms with Crippen molar-refractivity contribution in [2.24, 2.45) is 21.1 Å². The third-order valence-electron chi connectivity index (χ3n) is 7.59. The topological polar surface area (TPSA) is 86.0 Å². The molecule has 0 amide bonds. The number of halogens is 2. The van der Waals surface area contributed by atoms with Crippen LogP contribution in [0.3, 0.4) is 0 Å². The van der Waals surface area contributed by atoms with Gasteiger partial charge in [-0.2, -0.15) is 20.6 Å². The third kappa shape index (κ3) is 12.5. The molecule has 11 heteroatoms. The van der Waals surface area contributed by atoms with Gasteiger partial charge < -0.3 is 9.69 Å². The molecule has 50 heavy (non-hydrogen) atoms. The Bertz CT molecular complexity index is 1950. The van der Waals surface area contributed by atoms with Gasteiger partial charge in [-0.1, -0.05) is 91.0 Å². The molecule has 0 radical (unpaired) electrons. The largest absolute Gasteiger partial charge is 0.308 e. The van der Waals surface area contributed by atoms with Gasteiger partial charge in [-0.3, -0.25) is 14.0 Å². The molecular formula is C39H39BrClN9. The van der Waals surface area contributed by atoms with Gasteiger partial charge in [-0.05, 0) is 33.6 Å². The maximum absolute atomic E-state index is 8.27. The molecule has 0 fully saturated rings. The lowest BCUT2D eigenvalue weighted by molar-refractivity contribution is 0.678. The Morgan fingerprint density at radius 3 is 1.56 bits per heavy atom. The normalized spacial score (nSPS) is 11.0. The highest BCUT2D eigenvalue weighted by Gasteiger charge is 2.20. The number of hydrogen-bond donors (Lipinski definition) is 0. The number of rotatable bonds is 8. The fourth-order valence-corrected chi connectivity index (χ4v) is 5.47. The smallest absolute Gasteiger partial charge is 0.254 e.